The van der Waals surface area contributed by atoms with Crippen molar-refractivity contribution in [3.8, 4) is 0 Å². The summed E-state index contributed by atoms with van der Waals surface area (Å²) in [5.74, 6) is -2.45. The third-order valence-electron chi connectivity index (χ3n) is 9.52. The number of hydrogen-bond acceptors (Lipinski definition) is 8. The van der Waals surface area contributed by atoms with E-state index in [0.29, 0.717) is 24.6 Å². The van der Waals surface area contributed by atoms with Crippen LogP contribution in [0.5, 0.6) is 0 Å². The molecule has 1 aromatic heterocycles. The van der Waals surface area contributed by atoms with Crippen molar-refractivity contribution in [3.63, 3.8) is 0 Å². The van der Waals surface area contributed by atoms with Gasteiger partial charge in [0.2, 0.25) is 17.7 Å². The fourth-order valence-electron chi connectivity index (χ4n) is 6.32. The van der Waals surface area contributed by atoms with Gasteiger partial charge in [0, 0.05) is 38.5 Å². The van der Waals surface area contributed by atoms with E-state index in [-0.39, 0.29) is 41.1 Å². The van der Waals surface area contributed by atoms with Crippen molar-refractivity contribution in [2.24, 2.45) is 17.6 Å². The lowest BCUT2D eigenvalue weighted by Gasteiger charge is -2.36. The van der Waals surface area contributed by atoms with Gasteiger partial charge in [-0.3, -0.25) is 19.2 Å². The van der Waals surface area contributed by atoms with Crippen molar-refractivity contribution < 1.29 is 28.1 Å². The highest BCUT2D eigenvalue weighted by molar-refractivity contribution is 6.02. The number of aromatic nitrogens is 1. The van der Waals surface area contributed by atoms with Crippen LogP contribution in [-0.4, -0.2) is 83.9 Å². The van der Waals surface area contributed by atoms with Crippen molar-refractivity contribution >= 4 is 29.3 Å². The SMILES string of the molecule is CCC(=O)N[C@@H](C(=O)N1CCN(C)CC1)[C@@H](C)c1ccc(NC(=O)[C@@H](NC(=O)c2conc2C(C)(C)N)[C@H]2CC[C@H](C)CC2)c(F)c1. The fourth-order valence-corrected chi connectivity index (χ4v) is 6.32. The third kappa shape index (κ3) is 8.95. The third-order valence-corrected chi connectivity index (χ3v) is 9.52. The highest BCUT2D eigenvalue weighted by Crippen LogP contribution is 2.32. The minimum atomic E-state index is -0.951. The molecular weight excluding hydrogens is 605 g/mol. The number of carbonyl (C=O) groups is 4. The van der Waals surface area contributed by atoms with Crippen molar-refractivity contribution in [1.82, 2.24) is 25.6 Å². The lowest BCUT2D eigenvalue weighted by Crippen LogP contribution is -2.55. The van der Waals surface area contributed by atoms with E-state index in [4.69, 9.17) is 10.3 Å². The average Bonchev–Trinajstić information content (AvgIpc) is 3.55. The number of carbonyl (C=O) groups excluding carboxylic acids is 4. The lowest BCUT2D eigenvalue weighted by atomic mass is 9.79. The van der Waals surface area contributed by atoms with Gasteiger partial charge in [-0.2, -0.15) is 0 Å². The van der Waals surface area contributed by atoms with Crippen molar-refractivity contribution in [1.29, 1.82) is 0 Å². The topological polar surface area (TPSA) is 163 Å². The number of nitrogens with zero attached hydrogens (tertiary/aromatic N) is 3. The molecule has 2 heterocycles. The summed E-state index contributed by atoms with van der Waals surface area (Å²) in [6, 6.07) is 2.57. The van der Waals surface area contributed by atoms with Crippen LogP contribution in [-0.2, 0) is 19.9 Å². The van der Waals surface area contributed by atoms with E-state index < -0.39 is 41.2 Å². The molecule has 5 N–H and O–H groups in total. The van der Waals surface area contributed by atoms with Gasteiger partial charge in [0.1, 0.15) is 35.4 Å². The Labute approximate surface area is 276 Å². The van der Waals surface area contributed by atoms with E-state index in [1.165, 1.54) is 18.4 Å². The molecule has 0 unspecified atom stereocenters. The number of anilines is 1. The van der Waals surface area contributed by atoms with Gasteiger partial charge in [-0.15, -0.1) is 0 Å². The highest BCUT2D eigenvalue weighted by Gasteiger charge is 2.36. The first kappa shape index (κ1) is 36.0. The Morgan fingerprint density at radius 2 is 1.74 bits per heavy atom. The number of nitrogens with one attached hydrogen (secondary N) is 3. The van der Waals surface area contributed by atoms with Crippen LogP contribution >= 0.6 is 0 Å². The zero-order valence-electron chi connectivity index (χ0n) is 28.4. The molecule has 0 radical (unpaired) electrons. The molecule has 12 nitrogen and oxygen atoms in total. The number of likely N-dealkylation sites (N-methyl/N-ethyl adjacent to an activating group) is 1. The van der Waals surface area contributed by atoms with Gasteiger partial charge in [0.15, 0.2) is 0 Å². The summed E-state index contributed by atoms with van der Waals surface area (Å²) < 4.78 is 20.7. The summed E-state index contributed by atoms with van der Waals surface area (Å²) in [4.78, 5) is 57.0. The molecule has 0 spiro atoms. The summed E-state index contributed by atoms with van der Waals surface area (Å²) in [6.07, 6.45) is 4.68. The molecule has 4 amide bonds. The zero-order chi connectivity index (χ0) is 34.5. The molecule has 4 rings (SSSR count). The molecule has 1 aromatic carbocycles. The smallest absolute Gasteiger partial charge is 0.257 e. The molecule has 2 fully saturated rings. The normalized spacial score (nSPS) is 21.0. The van der Waals surface area contributed by atoms with Crippen molar-refractivity contribution in [2.75, 3.05) is 38.5 Å². The largest absolute Gasteiger partial charge is 0.364 e. The Balaban J connectivity index is 1.53. The number of nitrogens with two attached hydrogens (primary N) is 1. The molecular formula is C34H50FN7O5. The van der Waals surface area contributed by atoms with Gasteiger partial charge < -0.3 is 36.0 Å². The molecule has 2 aliphatic rings. The number of halogens is 1. The Morgan fingerprint density at radius 3 is 2.34 bits per heavy atom. The summed E-state index contributed by atoms with van der Waals surface area (Å²) >= 11 is 0. The fraction of sp³-hybridized carbons (Fsp3) is 0.618. The van der Waals surface area contributed by atoms with Crippen LogP contribution in [0.3, 0.4) is 0 Å². The van der Waals surface area contributed by atoms with Gasteiger partial charge >= 0.3 is 0 Å². The van der Waals surface area contributed by atoms with E-state index in [1.54, 1.807) is 38.7 Å². The van der Waals surface area contributed by atoms with Gasteiger partial charge in [-0.1, -0.05) is 44.8 Å². The molecule has 2 aromatic rings. The molecule has 1 aliphatic carbocycles. The molecule has 0 bridgehead atoms. The molecule has 47 heavy (non-hydrogen) atoms. The Kier molecular flexibility index (Phi) is 11.8. The van der Waals surface area contributed by atoms with Crippen LogP contribution in [0.15, 0.2) is 29.0 Å². The number of hydrogen-bond donors (Lipinski definition) is 4. The standard InChI is InChI=1S/C34H50FN7O5/c1-7-27(43)38-28(33(46)42-16-14-41(6)15-17-42)21(3)23-12-13-26(25(35)18-23)37-32(45)29(22-10-8-20(2)9-11-22)39-31(44)24-19-47-40-30(24)34(4,5)36/h12-13,18-22,28-29H,7-11,14-17,36H2,1-6H3,(H,37,45)(H,38,43)(H,39,44)/t20-,21-,22-,28+,29-/m0/s1. The monoisotopic (exact) mass is 655 g/mol. The van der Waals surface area contributed by atoms with Crippen LogP contribution in [0.4, 0.5) is 10.1 Å². The molecule has 1 aliphatic heterocycles. The summed E-state index contributed by atoms with van der Waals surface area (Å²) in [6.45, 7) is 11.6. The van der Waals surface area contributed by atoms with Crippen LogP contribution in [0.25, 0.3) is 0 Å². The second-order valence-corrected chi connectivity index (χ2v) is 13.8. The van der Waals surface area contributed by atoms with Crippen LogP contribution < -0.4 is 21.7 Å². The Hall–Kier alpha value is -3.84. The van der Waals surface area contributed by atoms with E-state index in [2.05, 4.69) is 32.9 Å². The molecule has 13 heteroatoms. The summed E-state index contributed by atoms with van der Waals surface area (Å²) in [7, 11) is 1.99. The Morgan fingerprint density at radius 1 is 1.09 bits per heavy atom. The number of amides is 4. The maximum atomic E-state index is 15.7. The average molecular weight is 656 g/mol. The van der Waals surface area contributed by atoms with Crippen LogP contribution in [0, 0.1) is 17.7 Å². The second-order valence-electron chi connectivity index (χ2n) is 13.8. The van der Waals surface area contributed by atoms with E-state index in [1.807, 2.05) is 7.05 Å². The van der Waals surface area contributed by atoms with Crippen molar-refractivity contribution in [2.45, 2.75) is 90.3 Å². The van der Waals surface area contributed by atoms with Crippen LogP contribution in [0.2, 0.25) is 0 Å². The number of rotatable bonds is 11. The first-order valence-corrected chi connectivity index (χ1v) is 16.6. The minimum absolute atomic E-state index is 0.0531. The highest BCUT2D eigenvalue weighted by atomic mass is 19.1. The Bertz CT molecular complexity index is 1420. The quantitative estimate of drug-likeness (QED) is 0.287. The summed E-state index contributed by atoms with van der Waals surface area (Å²) in [5, 5.41) is 12.3. The molecule has 258 valence electrons. The predicted octanol–water partition coefficient (Wildman–Crippen LogP) is 3.34. The maximum absolute atomic E-state index is 15.7. The number of piperazine rings is 1. The molecule has 3 atom stereocenters. The molecule has 1 saturated carbocycles. The van der Waals surface area contributed by atoms with Crippen molar-refractivity contribution in [3.05, 3.63) is 47.1 Å². The maximum Gasteiger partial charge on any atom is 0.257 e. The number of benzene rings is 1. The van der Waals surface area contributed by atoms with Gasteiger partial charge in [-0.25, -0.2) is 4.39 Å². The first-order valence-electron chi connectivity index (χ1n) is 16.6. The lowest BCUT2D eigenvalue weighted by molar-refractivity contribution is -0.138. The van der Waals surface area contributed by atoms with Gasteiger partial charge in [0.05, 0.1) is 11.2 Å². The van der Waals surface area contributed by atoms with Gasteiger partial charge in [0.25, 0.3) is 5.91 Å². The first-order chi connectivity index (χ1) is 22.2. The minimum Gasteiger partial charge on any atom is -0.364 e. The summed E-state index contributed by atoms with van der Waals surface area (Å²) in [5.41, 5.74) is 6.08. The second kappa shape index (κ2) is 15.4. The predicted molar refractivity (Wildman–Crippen MR) is 176 cm³/mol. The van der Waals surface area contributed by atoms with E-state index in [0.717, 1.165) is 38.8 Å². The van der Waals surface area contributed by atoms with E-state index in [9.17, 15) is 19.2 Å². The van der Waals surface area contributed by atoms with Crippen LogP contribution in [0.1, 0.15) is 94.3 Å². The molecule has 1 saturated heterocycles. The van der Waals surface area contributed by atoms with E-state index >= 15 is 4.39 Å². The zero-order valence-corrected chi connectivity index (χ0v) is 28.4. The van der Waals surface area contributed by atoms with Gasteiger partial charge in [-0.05, 0) is 63.3 Å².